The number of esters is 2. The van der Waals surface area contributed by atoms with E-state index in [4.69, 9.17) is 0 Å². The van der Waals surface area contributed by atoms with E-state index in [9.17, 15) is 9.59 Å². The molecule has 1 rings (SSSR count). The summed E-state index contributed by atoms with van der Waals surface area (Å²) in [6.45, 7) is 18.2. The fourth-order valence-corrected chi connectivity index (χ4v) is 4.63. The Kier molecular flexibility index (Phi) is 5.88. The Morgan fingerprint density at radius 1 is 1.04 bits per heavy atom. The van der Waals surface area contributed by atoms with E-state index in [2.05, 4.69) is 60.1 Å². The van der Waals surface area contributed by atoms with E-state index < -0.39 is 11.9 Å². The third-order valence-electron chi connectivity index (χ3n) is 4.11. The molecule has 23 heavy (non-hydrogen) atoms. The summed E-state index contributed by atoms with van der Waals surface area (Å²) in [6, 6.07) is 0. The third-order valence-corrected chi connectivity index (χ3v) is 4.11. The first-order valence-corrected chi connectivity index (χ1v) is 8.61. The number of carbonyl (C=O) groups excluding carboxylic acids is 2. The van der Waals surface area contributed by atoms with E-state index in [1.54, 1.807) is 0 Å². The predicted octanol–water partition coefficient (Wildman–Crippen LogP) is 5.29. The van der Waals surface area contributed by atoms with Crippen molar-refractivity contribution in [3.05, 3.63) is 11.6 Å². The van der Waals surface area contributed by atoms with Gasteiger partial charge in [-0.25, -0.2) is 0 Å². The molecule has 3 nitrogen and oxygen atoms in total. The molecule has 0 bridgehead atoms. The van der Waals surface area contributed by atoms with Crippen molar-refractivity contribution in [2.75, 3.05) is 0 Å². The van der Waals surface area contributed by atoms with E-state index in [1.807, 2.05) is 6.08 Å². The Morgan fingerprint density at radius 2 is 1.61 bits per heavy atom. The minimum atomic E-state index is -0.408. The summed E-state index contributed by atoms with van der Waals surface area (Å²) in [5.74, 6) is -1.20. The lowest BCUT2D eigenvalue weighted by atomic mass is 9.66. The molecular weight excluding hydrogens is 288 g/mol. The molecule has 1 saturated heterocycles. The van der Waals surface area contributed by atoms with Gasteiger partial charge in [0.1, 0.15) is 0 Å². The second-order valence-electron chi connectivity index (χ2n) is 10.0. The van der Waals surface area contributed by atoms with Gasteiger partial charge in [0.25, 0.3) is 0 Å². The number of hydrogen-bond acceptors (Lipinski definition) is 3. The van der Waals surface area contributed by atoms with Crippen molar-refractivity contribution in [1.82, 2.24) is 0 Å². The summed E-state index contributed by atoms with van der Waals surface area (Å²) in [5.41, 5.74) is 1.91. The molecule has 0 saturated carbocycles. The Labute approximate surface area is 141 Å². The van der Waals surface area contributed by atoms with Crippen molar-refractivity contribution >= 4 is 11.9 Å². The largest absolute Gasteiger partial charge is 0.393 e. The monoisotopic (exact) mass is 322 g/mol. The molecule has 0 N–H and O–H groups in total. The molecule has 0 aliphatic carbocycles. The maximum atomic E-state index is 11.6. The average Bonchev–Trinajstić information content (AvgIpc) is 2.49. The Morgan fingerprint density at radius 3 is 2.04 bits per heavy atom. The highest BCUT2D eigenvalue weighted by Crippen LogP contribution is 2.44. The van der Waals surface area contributed by atoms with Crippen LogP contribution in [0.15, 0.2) is 11.6 Å². The van der Waals surface area contributed by atoms with Gasteiger partial charge in [0, 0.05) is 0 Å². The summed E-state index contributed by atoms with van der Waals surface area (Å²) >= 11 is 0. The van der Waals surface area contributed by atoms with Gasteiger partial charge in [-0.3, -0.25) is 9.59 Å². The lowest BCUT2D eigenvalue weighted by Crippen LogP contribution is -2.27. The van der Waals surface area contributed by atoms with Crippen LogP contribution in [0.25, 0.3) is 0 Å². The van der Waals surface area contributed by atoms with E-state index in [-0.39, 0.29) is 23.2 Å². The van der Waals surface area contributed by atoms with Crippen molar-refractivity contribution in [2.24, 2.45) is 22.2 Å². The second-order valence-corrected chi connectivity index (χ2v) is 10.0. The average molecular weight is 322 g/mol. The zero-order valence-corrected chi connectivity index (χ0v) is 16.2. The number of rotatable bonds is 6. The number of cyclic esters (lactones) is 2. The topological polar surface area (TPSA) is 43.4 Å². The van der Waals surface area contributed by atoms with E-state index >= 15 is 0 Å². The van der Waals surface area contributed by atoms with E-state index in [1.165, 1.54) is 12.0 Å². The van der Waals surface area contributed by atoms with Crippen LogP contribution in [0.2, 0.25) is 0 Å². The predicted molar refractivity (Wildman–Crippen MR) is 93.8 cm³/mol. The molecule has 0 aromatic carbocycles. The van der Waals surface area contributed by atoms with Crippen LogP contribution in [0.4, 0.5) is 0 Å². The molecule has 132 valence electrons. The number of hydrogen-bond donors (Lipinski definition) is 0. The first-order chi connectivity index (χ1) is 10.2. The SMILES string of the molecule is CC(=CC1CC(=O)OC1=O)CC(C)(C)CC(C)(C)CC(C)(C)C. The second kappa shape index (κ2) is 6.78. The van der Waals surface area contributed by atoms with Gasteiger partial charge in [-0.05, 0) is 42.4 Å². The highest BCUT2D eigenvalue weighted by atomic mass is 16.6. The Hall–Kier alpha value is -1.12. The van der Waals surface area contributed by atoms with Crippen LogP contribution < -0.4 is 0 Å². The zero-order valence-electron chi connectivity index (χ0n) is 16.2. The Bertz CT molecular complexity index is 490. The lowest BCUT2D eigenvalue weighted by molar-refractivity contribution is -0.152. The standard InChI is InChI=1S/C20H34O3/c1-14(9-15-10-16(21)23-17(15)22)11-19(5,6)13-20(7,8)12-18(2,3)4/h9,15H,10-13H2,1-8H3. The first-order valence-electron chi connectivity index (χ1n) is 8.61. The number of allylic oxidation sites excluding steroid dienone is 1. The summed E-state index contributed by atoms with van der Waals surface area (Å²) in [6.07, 6.45) is 5.34. The minimum Gasteiger partial charge on any atom is -0.393 e. The molecule has 1 aliphatic rings. The van der Waals surface area contributed by atoms with Crippen LogP contribution in [-0.4, -0.2) is 11.9 Å². The summed E-state index contributed by atoms with van der Waals surface area (Å²) in [4.78, 5) is 22.8. The molecule has 1 heterocycles. The van der Waals surface area contributed by atoms with Gasteiger partial charge in [-0.2, -0.15) is 0 Å². The van der Waals surface area contributed by atoms with Gasteiger partial charge in [0.05, 0.1) is 12.3 Å². The molecule has 1 atom stereocenters. The van der Waals surface area contributed by atoms with Crippen LogP contribution in [0, 0.1) is 22.2 Å². The van der Waals surface area contributed by atoms with Gasteiger partial charge in [0.15, 0.2) is 0 Å². The molecule has 0 spiro atoms. The number of ether oxygens (including phenoxy) is 1. The minimum absolute atomic E-state index is 0.155. The van der Waals surface area contributed by atoms with Gasteiger partial charge in [-0.15, -0.1) is 0 Å². The molecule has 1 aliphatic heterocycles. The van der Waals surface area contributed by atoms with Crippen molar-refractivity contribution in [1.29, 1.82) is 0 Å². The molecule has 3 heteroatoms. The molecule has 1 unspecified atom stereocenters. The maximum absolute atomic E-state index is 11.6. The third kappa shape index (κ3) is 7.32. The van der Waals surface area contributed by atoms with Crippen molar-refractivity contribution < 1.29 is 14.3 Å². The maximum Gasteiger partial charge on any atom is 0.321 e. The fourth-order valence-electron chi connectivity index (χ4n) is 4.63. The summed E-state index contributed by atoms with van der Waals surface area (Å²) in [5, 5.41) is 0. The van der Waals surface area contributed by atoms with Crippen molar-refractivity contribution in [3.8, 4) is 0 Å². The smallest absolute Gasteiger partial charge is 0.321 e. The molecule has 0 aromatic rings. The van der Waals surface area contributed by atoms with Crippen molar-refractivity contribution in [3.63, 3.8) is 0 Å². The van der Waals surface area contributed by atoms with Gasteiger partial charge in [-0.1, -0.05) is 60.1 Å². The zero-order chi connectivity index (χ0) is 18.1. The lowest BCUT2D eigenvalue weighted by Gasteiger charge is -2.39. The highest BCUT2D eigenvalue weighted by molar-refractivity contribution is 5.95. The molecule has 1 fully saturated rings. The van der Waals surface area contributed by atoms with Gasteiger partial charge in [0.2, 0.25) is 0 Å². The summed E-state index contributed by atoms with van der Waals surface area (Å²) in [7, 11) is 0. The molecule has 0 aromatic heterocycles. The molecule has 0 amide bonds. The molecular formula is C20H34O3. The van der Waals surface area contributed by atoms with Crippen LogP contribution in [0.3, 0.4) is 0 Å². The Balaban J connectivity index is 2.70. The van der Waals surface area contributed by atoms with Crippen LogP contribution in [0.1, 0.15) is 81.1 Å². The van der Waals surface area contributed by atoms with Crippen LogP contribution in [-0.2, 0) is 14.3 Å². The summed E-state index contributed by atoms with van der Waals surface area (Å²) < 4.78 is 4.62. The number of carbonyl (C=O) groups is 2. The van der Waals surface area contributed by atoms with Crippen LogP contribution in [0.5, 0.6) is 0 Å². The van der Waals surface area contributed by atoms with Crippen molar-refractivity contribution in [2.45, 2.75) is 81.1 Å². The van der Waals surface area contributed by atoms with Crippen LogP contribution >= 0.6 is 0 Å². The van der Waals surface area contributed by atoms with Gasteiger partial charge >= 0.3 is 11.9 Å². The van der Waals surface area contributed by atoms with Gasteiger partial charge < -0.3 is 4.74 Å². The first kappa shape index (κ1) is 19.9. The highest BCUT2D eigenvalue weighted by Gasteiger charge is 2.34. The quantitative estimate of drug-likeness (QED) is 0.379. The normalized spacial score (nSPS) is 20.9. The van der Waals surface area contributed by atoms with E-state index in [0.717, 1.165) is 12.8 Å². The molecule has 0 radical (unpaired) electrons. The fraction of sp³-hybridized carbons (Fsp3) is 0.800. The van der Waals surface area contributed by atoms with E-state index in [0.29, 0.717) is 5.41 Å².